The van der Waals surface area contributed by atoms with E-state index in [2.05, 4.69) is 140 Å². The Morgan fingerprint density at radius 1 is 0.329 bits per heavy atom. The molecule has 3 nitrogen and oxygen atoms in total. The van der Waals surface area contributed by atoms with Crippen LogP contribution < -0.4 is 0 Å². The Balaban J connectivity index is 0.935. The molecule has 0 radical (unpaired) electrons. The summed E-state index contributed by atoms with van der Waals surface area (Å²) in [5.41, 5.74) is 17.4. The van der Waals surface area contributed by atoms with Gasteiger partial charge in [-0.2, -0.15) is 0 Å². The highest BCUT2D eigenvalue weighted by molar-refractivity contribution is 7.25. The van der Waals surface area contributed by atoms with Gasteiger partial charge in [0.1, 0.15) is 0 Å². The Bertz CT molecular complexity index is 4010. The van der Waals surface area contributed by atoms with Crippen LogP contribution in [0.25, 0.3) is 98.5 Å². The fourth-order valence-corrected chi connectivity index (χ4v) is 11.1. The second-order valence-electron chi connectivity index (χ2n) is 18.7. The van der Waals surface area contributed by atoms with Gasteiger partial charge in [0.2, 0.25) is 0 Å². The van der Waals surface area contributed by atoms with Crippen molar-refractivity contribution < 1.29 is 8.22 Å². The summed E-state index contributed by atoms with van der Waals surface area (Å²) in [6.45, 7) is -4.70. The third kappa shape index (κ3) is 9.78. The van der Waals surface area contributed by atoms with Crippen molar-refractivity contribution in [2.75, 3.05) is 0 Å². The lowest BCUT2D eigenvalue weighted by Crippen LogP contribution is -2.01. The molecule has 0 amide bonds. The largest absolute Gasteiger partial charge is 0.256 e. The summed E-state index contributed by atoms with van der Waals surface area (Å²) < 4.78 is 54.0. The topological polar surface area (TPSA) is 38.7 Å². The number of benzene rings is 8. The highest BCUT2D eigenvalue weighted by Crippen LogP contribution is 2.43. The molecule has 0 unspecified atom stereocenters. The third-order valence-electron chi connectivity index (χ3n) is 13.9. The zero-order valence-corrected chi connectivity index (χ0v) is 40.9. The van der Waals surface area contributed by atoms with Crippen molar-refractivity contribution in [3.8, 4) is 78.3 Å². The van der Waals surface area contributed by atoms with Crippen LogP contribution in [0, 0.1) is 13.7 Å². The van der Waals surface area contributed by atoms with Crippen LogP contribution in [0.2, 0.25) is 0 Å². The third-order valence-corrected chi connectivity index (χ3v) is 15.1. The molecule has 0 fully saturated rings. The van der Waals surface area contributed by atoms with Crippen molar-refractivity contribution in [2.45, 2.75) is 39.4 Å². The van der Waals surface area contributed by atoms with Crippen molar-refractivity contribution in [3.63, 3.8) is 0 Å². The van der Waals surface area contributed by atoms with E-state index in [0.29, 0.717) is 59.3 Å². The molecule has 0 bridgehead atoms. The van der Waals surface area contributed by atoms with Gasteiger partial charge in [-0.05, 0) is 154 Å². The second kappa shape index (κ2) is 20.3. The van der Waals surface area contributed by atoms with Gasteiger partial charge in [-0.15, -0.1) is 11.3 Å². The highest BCUT2D eigenvalue weighted by atomic mass is 32.1. The molecule has 0 aliphatic rings. The number of hydrogen-bond acceptors (Lipinski definition) is 4. The molecule has 0 N–H and O–H groups in total. The molecule has 0 atom stereocenters. The lowest BCUT2D eigenvalue weighted by Gasteiger charge is -2.16. The molecule has 4 heterocycles. The average Bonchev–Trinajstić information content (AvgIpc) is 4.04. The Morgan fingerprint density at radius 2 is 0.836 bits per heavy atom. The Hall–Kier alpha value is -8.57. The number of fused-ring (bicyclic) bond motifs is 3. The molecule has 12 rings (SSSR count). The summed E-state index contributed by atoms with van der Waals surface area (Å²) in [7, 11) is 0. The zero-order chi connectivity index (χ0) is 54.1. The molecule has 8 aromatic carbocycles. The first kappa shape index (κ1) is 39.1. The van der Waals surface area contributed by atoms with Crippen molar-refractivity contribution in [1.82, 2.24) is 15.0 Å². The van der Waals surface area contributed by atoms with Crippen LogP contribution in [0.5, 0.6) is 0 Å². The summed E-state index contributed by atoms with van der Waals surface area (Å²) in [6, 6.07) is 74.4. The zero-order valence-electron chi connectivity index (χ0n) is 46.1. The van der Waals surface area contributed by atoms with E-state index in [1.807, 2.05) is 72.9 Å². The van der Waals surface area contributed by atoms with Crippen LogP contribution in [-0.2, 0) is 25.7 Å². The van der Waals surface area contributed by atoms with Crippen molar-refractivity contribution >= 4 is 31.5 Å². The smallest absolute Gasteiger partial charge is 0.0704 e. The van der Waals surface area contributed by atoms with Gasteiger partial charge in [-0.3, -0.25) is 15.0 Å². The molecule has 4 heteroatoms. The highest BCUT2D eigenvalue weighted by Gasteiger charge is 2.17. The van der Waals surface area contributed by atoms with E-state index in [9.17, 15) is 0 Å². The number of aryl methyl sites for hydroxylation is 6. The number of aromatic nitrogens is 3. The van der Waals surface area contributed by atoms with Gasteiger partial charge in [0, 0.05) is 69.2 Å². The van der Waals surface area contributed by atoms with E-state index in [1.54, 1.807) is 35.9 Å². The standard InChI is InChI=1S/C69H53N3S/c1-46-35-66(53-17-8-4-9-18-53)71-43-57(46)27-25-48-37-49(26-28-58-44-72-67(36-47(58)2)54-19-10-5-11-20-54)39-60(38-48)63-42-69-64(61-23-12-13-24-68(61)73-69)41-62(63)59-33-34-65(70-45-59)56-22-14-21-55(40-56)52-31-29-51(30-32-52)50-15-6-3-7-16-50/h3-24,29-45H,25-28H2,1-2H3/i1D3,2D3. The van der Waals surface area contributed by atoms with Crippen molar-refractivity contribution in [3.05, 3.63) is 270 Å². The minimum absolute atomic E-state index is 0.291. The molecule has 0 spiro atoms. The van der Waals surface area contributed by atoms with Crippen LogP contribution in [-0.4, -0.2) is 15.0 Å². The number of rotatable bonds is 13. The first-order valence-corrected chi connectivity index (χ1v) is 25.6. The van der Waals surface area contributed by atoms with E-state index in [4.69, 9.17) is 23.2 Å². The van der Waals surface area contributed by atoms with Crippen molar-refractivity contribution in [1.29, 1.82) is 0 Å². The lowest BCUT2D eigenvalue weighted by molar-refractivity contribution is 0.913. The predicted octanol–water partition coefficient (Wildman–Crippen LogP) is 18.1. The minimum Gasteiger partial charge on any atom is -0.256 e. The van der Waals surface area contributed by atoms with Gasteiger partial charge in [0.05, 0.1) is 17.1 Å². The molecular formula is C69H53N3S. The van der Waals surface area contributed by atoms with E-state index in [0.717, 1.165) is 77.0 Å². The molecule has 4 aromatic heterocycles. The lowest BCUT2D eigenvalue weighted by atomic mass is 9.89. The maximum atomic E-state index is 8.60. The first-order chi connectivity index (χ1) is 38.4. The summed E-state index contributed by atoms with van der Waals surface area (Å²) in [4.78, 5) is 14.7. The Labute approximate surface area is 440 Å². The monoisotopic (exact) mass is 961 g/mol. The molecule has 0 saturated heterocycles. The number of nitrogens with zero attached hydrogens (tertiary/aromatic N) is 3. The molecule has 0 aliphatic carbocycles. The summed E-state index contributed by atoms with van der Waals surface area (Å²) in [5, 5.41) is 2.36. The van der Waals surface area contributed by atoms with Gasteiger partial charge in [-0.1, -0.05) is 176 Å². The van der Waals surface area contributed by atoms with Crippen LogP contribution in [0.3, 0.4) is 0 Å². The Kier molecular flexibility index (Phi) is 10.9. The fraction of sp³-hybridized carbons (Fsp3) is 0.0870. The average molecular weight is 962 g/mol. The summed E-state index contributed by atoms with van der Waals surface area (Å²) in [5.74, 6) is 0. The van der Waals surface area contributed by atoms with Gasteiger partial charge in [-0.25, -0.2) is 0 Å². The van der Waals surface area contributed by atoms with Gasteiger partial charge in [0.15, 0.2) is 0 Å². The van der Waals surface area contributed by atoms with Gasteiger partial charge in [0.25, 0.3) is 0 Å². The molecule has 0 saturated carbocycles. The first-order valence-electron chi connectivity index (χ1n) is 27.8. The van der Waals surface area contributed by atoms with Crippen LogP contribution in [0.4, 0.5) is 0 Å². The van der Waals surface area contributed by atoms with E-state index >= 15 is 0 Å². The molecule has 0 aliphatic heterocycles. The van der Waals surface area contributed by atoms with Gasteiger partial charge >= 0.3 is 0 Å². The SMILES string of the molecule is [2H]C([2H])([2H])c1cc(-c2ccccc2)ncc1CCc1cc(CCc2cnc(-c3ccccc3)cc2C([2H])([2H])[2H])cc(-c2cc3sc4ccccc4c3cc2-c2ccc(-c3cccc(-c4ccc(-c5ccccc5)cc4)c3)nc2)c1. The van der Waals surface area contributed by atoms with Crippen LogP contribution in [0.1, 0.15) is 41.6 Å². The predicted molar refractivity (Wildman–Crippen MR) is 308 cm³/mol. The number of pyridine rings is 3. The molecule has 350 valence electrons. The molecule has 73 heavy (non-hydrogen) atoms. The number of thiophene rings is 1. The van der Waals surface area contributed by atoms with Crippen LogP contribution in [0.15, 0.2) is 237 Å². The van der Waals surface area contributed by atoms with E-state index < -0.39 is 13.7 Å². The minimum atomic E-state index is -2.35. The second-order valence-corrected chi connectivity index (χ2v) is 19.8. The summed E-state index contributed by atoms with van der Waals surface area (Å²) >= 11 is 1.77. The van der Waals surface area contributed by atoms with Gasteiger partial charge < -0.3 is 0 Å². The molecular weight excluding hydrogens is 903 g/mol. The van der Waals surface area contributed by atoms with Crippen LogP contribution >= 0.6 is 11.3 Å². The fourth-order valence-electron chi connectivity index (χ4n) is 9.98. The quantitative estimate of drug-likeness (QED) is 0.116. The maximum absolute atomic E-state index is 8.60. The Morgan fingerprint density at radius 3 is 1.44 bits per heavy atom. The normalized spacial score (nSPS) is 12.9. The molecule has 12 aromatic rings. The maximum Gasteiger partial charge on any atom is 0.0704 e. The summed E-state index contributed by atoms with van der Waals surface area (Å²) in [6.07, 6.45) is 7.39. The van der Waals surface area contributed by atoms with Crippen molar-refractivity contribution in [2.24, 2.45) is 0 Å². The van der Waals surface area contributed by atoms with E-state index in [-0.39, 0.29) is 0 Å². The van der Waals surface area contributed by atoms with E-state index in [1.165, 1.54) is 21.2 Å². The number of hydrogen-bond donors (Lipinski definition) is 0.